The van der Waals surface area contributed by atoms with Gasteiger partial charge in [0.05, 0.1) is 12.2 Å². The van der Waals surface area contributed by atoms with Gasteiger partial charge in [0, 0.05) is 14.6 Å². The second-order valence-electron chi connectivity index (χ2n) is 4.52. The molecule has 0 unspecified atom stereocenters. The van der Waals surface area contributed by atoms with E-state index >= 15 is 0 Å². The summed E-state index contributed by atoms with van der Waals surface area (Å²) in [6, 6.07) is 9.70. The Kier molecular flexibility index (Phi) is 5.36. The van der Waals surface area contributed by atoms with Crippen molar-refractivity contribution < 1.29 is 9.18 Å². The Hall–Kier alpha value is -1.40. The molecule has 0 spiro atoms. The topological polar surface area (TPSA) is 41.1 Å². The van der Waals surface area contributed by atoms with E-state index < -0.39 is 0 Å². The summed E-state index contributed by atoms with van der Waals surface area (Å²) in [5.74, 6) is -0.634. The van der Waals surface area contributed by atoms with Crippen molar-refractivity contribution in [2.75, 3.05) is 17.2 Å². The second kappa shape index (κ2) is 7.04. The maximum atomic E-state index is 13.0. The Balaban J connectivity index is 1.99. The van der Waals surface area contributed by atoms with Gasteiger partial charge in [-0.3, -0.25) is 4.79 Å². The number of hydrogen-bond acceptors (Lipinski definition) is 2. The molecule has 2 aromatic carbocycles. The van der Waals surface area contributed by atoms with E-state index in [2.05, 4.69) is 42.5 Å². The number of carbonyl (C=O) groups is 1. The van der Waals surface area contributed by atoms with Gasteiger partial charge in [0.2, 0.25) is 5.91 Å². The van der Waals surface area contributed by atoms with Crippen LogP contribution in [0.4, 0.5) is 15.8 Å². The number of anilines is 2. The molecule has 6 heteroatoms. The Labute approximate surface area is 139 Å². The van der Waals surface area contributed by atoms with Crippen LogP contribution in [-0.2, 0) is 4.79 Å². The minimum atomic E-state index is -0.384. The van der Waals surface area contributed by atoms with E-state index in [1.54, 1.807) is 12.1 Å². The van der Waals surface area contributed by atoms with E-state index in [1.165, 1.54) is 12.1 Å². The fourth-order valence-electron chi connectivity index (χ4n) is 1.81. The molecule has 0 bridgehead atoms. The number of amides is 1. The van der Waals surface area contributed by atoms with Gasteiger partial charge < -0.3 is 10.6 Å². The molecular formula is C15H13Br2FN2O. The van der Waals surface area contributed by atoms with Gasteiger partial charge in [-0.05, 0) is 74.7 Å². The quantitative estimate of drug-likeness (QED) is 0.759. The average molecular weight is 416 g/mol. The molecule has 3 nitrogen and oxygen atoms in total. The van der Waals surface area contributed by atoms with Crippen molar-refractivity contribution in [2.24, 2.45) is 0 Å². The molecule has 1 amide bonds. The Bertz CT molecular complexity index is 653. The molecule has 0 aliphatic carbocycles. The summed E-state index contributed by atoms with van der Waals surface area (Å²) in [4.78, 5) is 11.9. The van der Waals surface area contributed by atoms with Crippen LogP contribution in [-0.4, -0.2) is 12.5 Å². The van der Waals surface area contributed by atoms with Gasteiger partial charge in [-0.25, -0.2) is 4.39 Å². The van der Waals surface area contributed by atoms with Crippen molar-refractivity contribution in [2.45, 2.75) is 6.92 Å². The molecular weight excluding hydrogens is 403 g/mol. The van der Waals surface area contributed by atoms with Gasteiger partial charge in [-0.15, -0.1) is 0 Å². The molecule has 2 rings (SSSR count). The fraction of sp³-hybridized carbons (Fsp3) is 0.133. The number of halogens is 3. The Morgan fingerprint density at radius 3 is 2.48 bits per heavy atom. The molecule has 0 aliphatic rings. The Morgan fingerprint density at radius 1 is 1.19 bits per heavy atom. The van der Waals surface area contributed by atoms with Gasteiger partial charge in [0.15, 0.2) is 0 Å². The van der Waals surface area contributed by atoms with Crippen LogP contribution in [0, 0.1) is 12.7 Å². The number of aryl methyl sites for hydroxylation is 1. The minimum absolute atomic E-state index is 0.0801. The molecule has 0 fully saturated rings. The number of rotatable bonds is 4. The van der Waals surface area contributed by atoms with Crippen LogP contribution in [0.25, 0.3) is 0 Å². The molecule has 110 valence electrons. The number of carbonyl (C=O) groups excluding carboxylic acids is 1. The molecule has 0 radical (unpaired) electrons. The number of benzene rings is 2. The first-order valence-corrected chi connectivity index (χ1v) is 7.79. The second-order valence-corrected chi connectivity index (χ2v) is 6.22. The highest BCUT2D eigenvalue weighted by Gasteiger charge is 2.08. The Morgan fingerprint density at radius 2 is 1.86 bits per heavy atom. The summed E-state index contributed by atoms with van der Waals surface area (Å²) in [6.07, 6.45) is 0. The summed E-state index contributed by atoms with van der Waals surface area (Å²) in [7, 11) is 0. The van der Waals surface area contributed by atoms with Crippen molar-refractivity contribution in [3.63, 3.8) is 0 Å². The van der Waals surface area contributed by atoms with Crippen molar-refractivity contribution >= 4 is 49.1 Å². The minimum Gasteiger partial charge on any atom is -0.374 e. The van der Waals surface area contributed by atoms with Crippen molar-refractivity contribution in [3.8, 4) is 0 Å². The molecule has 0 atom stereocenters. The maximum Gasteiger partial charge on any atom is 0.243 e. The fourth-order valence-corrected chi connectivity index (χ4v) is 3.50. The summed E-state index contributed by atoms with van der Waals surface area (Å²) in [5, 5.41) is 5.67. The van der Waals surface area contributed by atoms with E-state index in [4.69, 9.17) is 0 Å². The maximum absolute atomic E-state index is 13.0. The summed E-state index contributed by atoms with van der Waals surface area (Å²) in [6.45, 7) is 2.06. The predicted octanol–water partition coefficient (Wildman–Crippen LogP) is 4.71. The molecule has 21 heavy (non-hydrogen) atoms. The molecule has 2 aromatic rings. The lowest BCUT2D eigenvalue weighted by molar-refractivity contribution is -0.114. The zero-order valence-corrected chi connectivity index (χ0v) is 14.4. The van der Waals surface area contributed by atoms with E-state index in [0.29, 0.717) is 5.69 Å². The third-order valence-corrected chi connectivity index (χ3v) is 3.97. The van der Waals surface area contributed by atoms with Crippen LogP contribution in [0.3, 0.4) is 0 Å². The standard InChI is InChI=1S/C15H13Br2FN2O/c1-9-5-12(16)15(13(17)6-9)19-8-14(21)20-11-4-2-3-10(18)7-11/h2-7,19H,8H2,1H3,(H,20,21). The third-order valence-electron chi connectivity index (χ3n) is 2.72. The lowest BCUT2D eigenvalue weighted by Gasteiger charge is -2.12. The molecule has 0 aromatic heterocycles. The zero-order valence-electron chi connectivity index (χ0n) is 11.2. The highest BCUT2D eigenvalue weighted by molar-refractivity contribution is 9.11. The first-order valence-electron chi connectivity index (χ1n) is 6.20. The first-order chi connectivity index (χ1) is 9.95. The lowest BCUT2D eigenvalue weighted by atomic mass is 10.2. The first kappa shape index (κ1) is 16.0. The summed E-state index contributed by atoms with van der Waals surface area (Å²) in [5.41, 5.74) is 2.34. The van der Waals surface area contributed by atoms with E-state index in [0.717, 1.165) is 20.2 Å². The largest absolute Gasteiger partial charge is 0.374 e. The lowest BCUT2D eigenvalue weighted by Crippen LogP contribution is -2.22. The van der Waals surface area contributed by atoms with Crippen LogP contribution >= 0.6 is 31.9 Å². The average Bonchev–Trinajstić information content (AvgIpc) is 2.37. The van der Waals surface area contributed by atoms with Gasteiger partial charge in [0.1, 0.15) is 5.82 Å². The SMILES string of the molecule is Cc1cc(Br)c(NCC(=O)Nc2cccc(F)c2)c(Br)c1. The van der Waals surface area contributed by atoms with Crippen LogP contribution in [0.2, 0.25) is 0 Å². The predicted molar refractivity (Wildman–Crippen MR) is 90.1 cm³/mol. The normalized spacial score (nSPS) is 10.3. The van der Waals surface area contributed by atoms with Crippen molar-refractivity contribution in [1.29, 1.82) is 0 Å². The van der Waals surface area contributed by atoms with E-state index in [-0.39, 0.29) is 18.3 Å². The van der Waals surface area contributed by atoms with Gasteiger partial charge >= 0.3 is 0 Å². The zero-order chi connectivity index (χ0) is 15.4. The highest BCUT2D eigenvalue weighted by Crippen LogP contribution is 2.32. The van der Waals surface area contributed by atoms with Crippen molar-refractivity contribution in [3.05, 3.63) is 56.7 Å². The molecule has 2 N–H and O–H groups in total. The summed E-state index contributed by atoms with van der Waals surface area (Å²) < 4.78 is 14.8. The highest BCUT2D eigenvalue weighted by atomic mass is 79.9. The van der Waals surface area contributed by atoms with E-state index in [9.17, 15) is 9.18 Å². The number of hydrogen-bond donors (Lipinski definition) is 2. The summed E-state index contributed by atoms with van der Waals surface area (Å²) >= 11 is 6.90. The van der Waals surface area contributed by atoms with E-state index in [1.807, 2.05) is 19.1 Å². The van der Waals surface area contributed by atoms with Crippen molar-refractivity contribution in [1.82, 2.24) is 0 Å². The molecule has 0 saturated heterocycles. The third kappa shape index (κ3) is 4.54. The van der Waals surface area contributed by atoms with Gasteiger partial charge in [-0.1, -0.05) is 6.07 Å². The smallest absolute Gasteiger partial charge is 0.243 e. The van der Waals surface area contributed by atoms with Crippen LogP contribution in [0.1, 0.15) is 5.56 Å². The molecule has 0 saturated carbocycles. The van der Waals surface area contributed by atoms with Crippen LogP contribution in [0.5, 0.6) is 0 Å². The molecule has 0 aliphatic heterocycles. The van der Waals surface area contributed by atoms with Crippen LogP contribution in [0.15, 0.2) is 45.3 Å². The van der Waals surface area contributed by atoms with Gasteiger partial charge in [-0.2, -0.15) is 0 Å². The van der Waals surface area contributed by atoms with Crippen LogP contribution < -0.4 is 10.6 Å². The monoisotopic (exact) mass is 414 g/mol. The molecule has 0 heterocycles. The number of nitrogens with one attached hydrogen (secondary N) is 2. The van der Waals surface area contributed by atoms with Gasteiger partial charge in [0.25, 0.3) is 0 Å².